The summed E-state index contributed by atoms with van der Waals surface area (Å²) in [6.45, 7) is 2.00. The molecule has 3 heteroatoms. The molecule has 100 valence electrons. The third-order valence-corrected chi connectivity index (χ3v) is 3.44. The standard InChI is InChI=1S/C17H16N2O/c1-13(15-6-4-3-5-7-15)19(2)17(20)16-10-8-14(12-18)9-11-16/h3-11,13H,1-2H3. The van der Waals surface area contributed by atoms with Gasteiger partial charge in [0.1, 0.15) is 0 Å². The van der Waals surface area contributed by atoms with Crippen molar-refractivity contribution in [2.24, 2.45) is 0 Å². The van der Waals surface area contributed by atoms with Crippen LogP contribution in [0, 0.1) is 11.3 Å². The van der Waals surface area contributed by atoms with Crippen LogP contribution in [0.2, 0.25) is 0 Å². The molecule has 2 aromatic rings. The van der Waals surface area contributed by atoms with Crippen LogP contribution in [0.1, 0.15) is 34.5 Å². The van der Waals surface area contributed by atoms with E-state index in [-0.39, 0.29) is 11.9 Å². The van der Waals surface area contributed by atoms with Gasteiger partial charge in [-0.05, 0) is 36.8 Å². The predicted octanol–water partition coefficient (Wildman–Crippen LogP) is 3.39. The van der Waals surface area contributed by atoms with Gasteiger partial charge in [-0.25, -0.2) is 0 Å². The predicted molar refractivity (Wildman–Crippen MR) is 78.1 cm³/mol. The van der Waals surface area contributed by atoms with Crippen molar-refractivity contribution < 1.29 is 4.79 Å². The number of amides is 1. The van der Waals surface area contributed by atoms with Crippen molar-refractivity contribution >= 4 is 5.91 Å². The molecule has 0 saturated heterocycles. The molecule has 0 bridgehead atoms. The van der Waals surface area contributed by atoms with Crippen LogP contribution in [0.5, 0.6) is 0 Å². The lowest BCUT2D eigenvalue weighted by Crippen LogP contribution is -2.29. The normalized spacial score (nSPS) is 11.4. The Labute approximate surface area is 119 Å². The van der Waals surface area contributed by atoms with Crippen LogP contribution in [-0.2, 0) is 0 Å². The van der Waals surface area contributed by atoms with Gasteiger partial charge >= 0.3 is 0 Å². The number of hydrogen-bond acceptors (Lipinski definition) is 2. The van der Waals surface area contributed by atoms with Crippen LogP contribution >= 0.6 is 0 Å². The van der Waals surface area contributed by atoms with Crippen LogP contribution < -0.4 is 0 Å². The molecule has 1 amide bonds. The van der Waals surface area contributed by atoms with E-state index in [0.29, 0.717) is 11.1 Å². The van der Waals surface area contributed by atoms with E-state index in [2.05, 4.69) is 0 Å². The highest BCUT2D eigenvalue weighted by Gasteiger charge is 2.18. The largest absolute Gasteiger partial charge is 0.335 e. The highest BCUT2D eigenvalue weighted by atomic mass is 16.2. The number of carbonyl (C=O) groups excluding carboxylic acids is 1. The lowest BCUT2D eigenvalue weighted by molar-refractivity contribution is 0.0742. The maximum Gasteiger partial charge on any atom is 0.254 e. The minimum Gasteiger partial charge on any atom is -0.335 e. The SMILES string of the molecule is CC(c1ccccc1)N(C)C(=O)c1ccc(C#N)cc1. The summed E-state index contributed by atoms with van der Waals surface area (Å²) in [4.78, 5) is 14.1. The fourth-order valence-corrected chi connectivity index (χ4v) is 2.02. The lowest BCUT2D eigenvalue weighted by Gasteiger charge is -2.25. The van der Waals surface area contributed by atoms with Gasteiger partial charge in [-0.15, -0.1) is 0 Å². The summed E-state index contributed by atoms with van der Waals surface area (Å²) in [6, 6.07) is 18.6. The molecule has 20 heavy (non-hydrogen) atoms. The molecule has 0 saturated carbocycles. The van der Waals surface area contributed by atoms with Gasteiger partial charge in [-0.2, -0.15) is 5.26 Å². The summed E-state index contributed by atoms with van der Waals surface area (Å²) in [5.74, 6) is -0.0501. The molecule has 0 heterocycles. The maximum absolute atomic E-state index is 12.4. The maximum atomic E-state index is 12.4. The first kappa shape index (κ1) is 13.8. The molecule has 2 rings (SSSR count). The number of hydrogen-bond donors (Lipinski definition) is 0. The van der Waals surface area contributed by atoms with Gasteiger partial charge < -0.3 is 4.90 Å². The van der Waals surface area contributed by atoms with E-state index in [9.17, 15) is 4.79 Å². The van der Waals surface area contributed by atoms with Gasteiger partial charge in [0.05, 0.1) is 17.7 Å². The van der Waals surface area contributed by atoms with E-state index in [0.717, 1.165) is 5.56 Å². The number of nitrogens with zero attached hydrogens (tertiary/aromatic N) is 2. The van der Waals surface area contributed by atoms with Gasteiger partial charge in [-0.3, -0.25) is 4.79 Å². The summed E-state index contributed by atoms with van der Waals surface area (Å²) in [5.41, 5.74) is 2.24. The second-order valence-electron chi connectivity index (χ2n) is 4.69. The molecule has 1 unspecified atom stereocenters. The van der Waals surface area contributed by atoms with Gasteiger partial charge in [-0.1, -0.05) is 30.3 Å². The molecule has 0 aliphatic heterocycles. The van der Waals surface area contributed by atoms with Crippen molar-refractivity contribution in [1.29, 1.82) is 5.26 Å². The molecule has 0 N–H and O–H groups in total. The van der Waals surface area contributed by atoms with Crippen LogP contribution in [0.3, 0.4) is 0 Å². The first-order chi connectivity index (χ1) is 9.63. The zero-order valence-corrected chi connectivity index (χ0v) is 11.6. The summed E-state index contributed by atoms with van der Waals surface area (Å²) >= 11 is 0. The second kappa shape index (κ2) is 6.03. The number of rotatable bonds is 3. The number of benzene rings is 2. The van der Waals surface area contributed by atoms with Gasteiger partial charge in [0.15, 0.2) is 0 Å². The van der Waals surface area contributed by atoms with E-state index < -0.39 is 0 Å². The highest BCUT2D eigenvalue weighted by molar-refractivity contribution is 5.94. The van der Waals surface area contributed by atoms with Crippen LogP contribution in [0.15, 0.2) is 54.6 Å². The Morgan fingerprint density at radius 3 is 2.25 bits per heavy atom. The van der Waals surface area contributed by atoms with E-state index >= 15 is 0 Å². The molecule has 0 aliphatic rings. The van der Waals surface area contributed by atoms with E-state index in [4.69, 9.17) is 5.26 Å². The molecule has 0 aliphatic carbocycles. The molecule has 2 aromatic carbocycles. The Morgan fingerprint density at radius 2 is 1.70 bits per heavy atom. The Morgan fingerprint density at radius 1 is 1.10 bits per heavy atom. The summed E-state index contributed by atoms with van der Waals surface area (Å²) < 4.78 is 0. The third kappa shape index (κ3) is 2.86. The Balaban J connectivity index is 2.18. The fraction of sp³-hybridized carbons (Fsp3) is 0.176. The molecular formula is C17H16N2O. The van der Waals surface area contributed by atoms with E-state index in [1.54, 1.807) is 36.2 Å². The van der Waals surface area contributed by atoms with Crippen molar-refractivity contribution in [3.63, 3.8) is 0 Å². The highest BCUT2D eigenvalue weighted by Crippen LogP contribution is 2.20. The monoisotopic (exact) mass is 264 g/mol. The average molecular weight is 264 g/mol. The smallest absolute Gasteiger partial charge is 0.254 e. The third-order valence-electron chi connectivity index (χ3n) is 3.44. The van der Waals surface area contributed by atoms with Crippen molar-refractivity contribution in [1.82, 2.24) is 4.90 Å². The Bertz CT molecular complexity index is 626. The van der Waals surface area contributed by atoms with E-state index in [1.165, 1.54) is 0 Å². The second-order valence-corrected chi connectivity index (χ2v) is 4.69. The van der Waals surface area contributed by atoms with Crippen molar-refractivity contribution in [2.45, 2.75) is 13.0 Å². The zero-order valence-electron chi connectivity index (χ0n) is 11.6. The average Bonchev–Trinajstić information content (AvgIpc) is 2.53. The topological polar surface area (TPSA) is 44.1 Å². The minimum absolute atomic E-state index is 0.000608. The molecular weight excluding hydrogens is 248 g/mol. The Kier molecular flexibility index (Phi) is 4.17. The van der Waals surface area contributed by atoms with Crippen LogP contribution in [-0.4, -0.2) is 17.9 Å². The summed E-state index contributed by atoms with van der Waals surface area (Å²) in [6.07, 6.45) is 0. The first-order valence-corrected chi connectivity index (χ1v) is 6.45. The molecule has 0 aromatic heterocycles. The number of carbonyl (C=O) groups is 1. The fourth-order valence-electron chi connectivity index (χ4n) is 2.02. The minimum atomic E-state index is -0.0501. The molecule has 0 radical (unpaired) electrons. The van der Waals surface area contributed by atoms with E-state index in [1.807, 2.05) is 43.3 Å². The van der Waals surface area contributed by atoms with Crippen molar-refractivity contribution in [3.8, 4) is 6.07 Å². The van der Waals surface area contributed by atoms with Crippen LogP contribution in [0.25, 0.3) is 0 Å². The van der Waals surface area contributed by atoms with Gasteiger partial charge in [0.2, 0.25) is 0 Å². The summed E-state index contributed by atoms with van der Waals surface area (Å²) in [5, 5.41) is 8.77. The van der Waals surface area contributed by atoms with Crippen molar-refractivity contribution in [2.75, 3.05) is 7.05 Å². The lowest BCUT2D eigenvalue weighted by atomic mass is 10.1. The molecule has 0 fully saturated rings. The first-order valence-electron chi connectivity index (χ1n) is 6.45. The molecule has 3 nitrogen and oxygen atoms in total. The number of nitriles is 1. The quantitative estimate of drug-likeness (QED) is 0.852. The van der Waals surface area contributed by atoms with Gasteiger partial charge in [0.25, 0.3) is 5.91 Å². The molecule has 1 atom stereocenters. The summed E-state index contributed by atoms with van der Waals surface area (Å²) in [7, 11) is 1.79. The zero-order chi connectivity index (χ0) is 14.5. The Hall–Kier alpha value is -2.60. The molecule has 0 spiro atoms. The van der Waals surface area contributed by atoms with Crippen LogP contribution in [0.4, 0.5) is 0 Å². The van der Waals surface area contributed by atoms with Crippen molar-refractivity contribution in [3.05, 3.63) is 71.3 Å². The van der Waals surface area contributed by atoms with Gasteiger partial charge in [0, 0.05) is 12.6 Å².